The van der Waals surface area contributed by atoms with Crippen LogP contribution in [-0.2, 0) is 12.2 Å². The van der Waals surface area contributed by atoms with E-state index < -0.39 is 11.8 Å². The van der Waals surface area contributed by atoms with Crippen LogP contribution < -0.4 is 9.47 Å². The lowest BCUT2D eigenvalue weighted by molar-refractivity contribution is -0.0680. The number of fused-ring (bicyclic) bond motifs is 1. The van der Waals surface area contributed by atoms with Crippen LogP contribution in [0.4, 0.5) is 0 Å². The molecule has 0 aliphatic carbocycles. The van der Waals surface area contributed by atoms with Crippen molar-refractivity contribution in [3.05, 3.63) is 59.2 Å². The van der Waals surface area contributed by atoms with Gasteiger partial charge in [-0.15, -0.1) is 0 Å². The molecular weight excluding hydrogens is 292 g/mol. The molecule has 120 valence electrons. The summed E-state index contributed by atoms with van der Waals surface area (Å²) in [4.78, 5) is 11.1. The molecule has 0 saturated heterocycles. The molecular formula is C19H20O4. The second-order valence-electron chi connectivity index (χ2n) is 6.41. The van der Waals surface area contributed by atoms with Crippen LogP contribution in [0.5, 0.6) is 11.5 Å². The number of aromatic carboxylic acids is 1. The van der Waals surface area contributed by atoms with E-state index in [1.807, 2.05) is 19.1 Å². The second-order valence-corrected chi connectivity index (χ2v) is 6.41. The van der Waals surface area contributed by atoms with Crippen LogP contribution in [0, 0.1) is 5.92 Å². The number of ether oxygens (including phenoxy) is 2. The molecule has 0 saturated carbocycles. The molecule has 1 N–H and O–H groups in total. The smallest absolute Gasteiger partial charge is 0.335 e. The molecule has 1 atom stereocenters. The highest BCUT2D eigenvalue weighted by Gasteiger charge is 2.39. The van der Waals surface area contributed by atoms with Crippen LogP contribution in [0.3, 0.4) is 0 Å². The second kappa shape index (κ2) is 5.61. The van der Waals surface area contributed by atoms with E-state index >= 15 is 0 Å². The summed E-state index contributed by atoms with van der Waals surface area (Å²) in [6, 6.07) is 12.8. The fourth-order valence-corrected chi connectivity index (χ4v) is 2.78. The van der Waals surface area contributed by atoms with Gasteiger partial charge in [-0.3, -0.25) is 0 Å². The molecule has 23 heavy (non-hydrogen) atoms. The van der Waals surface area contributed by atoms with Gasteiger partial charge in [0, 0.05) is 12.5 Å². The van der Waals surface area contributed by atoms with E-state index in [4.69, 9.17) is 14.6 Å². The number of hydrogen-bond donors (Lipinski definition) is 1. The highest BCUT2D eigenvalue weighted by molar-refractivity contribution is 5.88. The van der Waals surface area contributed by atoms with Crippen molar-refractivity contribution in [1.29, 1.82) is 0 Å². The van der Waals surface area contributed by atoms with E-state index in [2.05, 4.69) is 26.0 Å². The minimum atomic E-state index is -0.983. The van der Waals surface area contributed by atoms with E-state index in [9.17, 15) is 4.79 Å². The van der Waals surface area contributed by atoms with Crippen molar-refractivity contribution in [2.24, 2.45) is 5.92 Å². The highest BCUT2D eigenvalue weighted by atomic mass is 16.7. The SMILES string of the molecule is CC(C)Cc1ccc(C2(C)Oc3ccc(C(=O)O)cc3O2)cc1. The van der Waals surface area contributed by atoms with Gasteiger partial charge in [-0.05, 0) is 36.1 Å². The van der Waals surface area contributed by atoms with Crippen molar-refractivity contribution in [2.45, 2.75) is 33.0 Å². The zero-order valence-corrected chi connectivity index (χ0v) is 13.5. The van der Waals surface area contributed by atoms with Crippen molar-refractivity contribution in [3.8, 4) is 11.5 Å². The Hall–Kier alpha value is -2.49. The van der Waals surface area contributed by atoms with Crippen LogP contribution in [0.25, 0.3) is 0 Å². The molecule has 2 aromatic rings. The third-order valence-corrected chi connectivity index (χ3v) is 3.92. The number of carboxylic acid groups (broad SMARTS) is 1. The van der Waals surface area contributed by atoms with E-state index in [1.54, 1.807) is 6.07 Å². The number of benzene rings is 2. The number of carboxylic acids is 1. The predicted molar refractivity (Wildman–Crippen MR) is 87.0 cm³/mol. The van der Waals surface area contributed by atoms with E-state index in [-0.39, 0.29) is 5.56 Å². The zero-order chi connectivity index (χ0) is 16.6. The Labute approximate surface area is 135 Å². The summed E-state index contributed by atoms with van der Waals surface area (Å²) < 4.78 is 11.8. The van der Waals surface area contributed by atoms with Crippen LogP contribution in [-0.4, -0.2) is 11.1 Å². The Morgan fingerprint density at radius 1 is 1.09 bits per heavy atom. The molecule has 1 aliphatic rings. The van der Waals surface area contributed by atoms with Crippen molar-refractivity contribution in [2.75, 3.05) is 0 Å². The van der Waals surface area contributed by atoms with Gasteiger partial charge in [0.15, 0.2) is 11.5 Å². The van der Waals surface area contributed by atoms with Crippen molar-refractivity contribution in [3.63, 3.8) is 0 Å². The lowest BCUT2D eigenvalue weighted by atomic mass is 9.99. The maximum Gasteiger partial charge on any atom is 0.335 e. The van der Waals surface area contributed by atoms with Crippen LogP contribution in [0.15, 0.2) is 42.5 Å². The summed E-state index contributed by atoms with van der Waals surface area (Å²) in [7, 11) is 0. The molecule has 2 aromatic carbocycles. The fourth-order valence-electron chi connectivity index (χ4n) is 2.78. The first kappa shape index (κ1) is 15.4. The molecule has 0 spiro atoms. The Morgan fingerprint density at radius 2 is 1.74 bits per heavy atom. The first-order valence-electron chi connectivity index (χ1n) is 7.72. The van der Waals surface area contributed by atoms with Crippen molar-refractivity contribution >= 4 is 5.97 Å². The topological polar surface area (TPSA) is 55.8 Å². The molecule has 4 nitrogen and oxygen atoms in total. The molecule has 0 amide bonds. The predicted octanol–water partition coefficient (Wildman–Crippen LogP) is 4.23. The van der Waals surface area contributed by atoms with Gasteiger partial charge < -0.3 is 14.6 Å². The monoisotopic (exact) mass is 312 g/mol. The van der Waals surface area contributed by atoms with Gasteiger partial charge in [0.1, 0.15) is 0 Å². The highest BCUT2D eigenvalue weighted by Crippen LogP contribution is 2.44. The molecule has 0 bridgehead atoms. The molecule has 0 fully saturated rings. The summed E-state index contributed by atoms with van der Waals surface area (Å²) in [5, 5.41) is 9.07. The van der Waals surface area contributed by atoms with Crippen molar-refractivity contribution in [1.82, 2.24) is 0 Å². The van der Waals surface area contributed by atoms with Gasteiger partial charge >= 0.3 is 5.97 Å². The minimum Gasteiger partial charge on any atom is -0.478 e. The fraction of sp³-hybridized carbons (Fsp3) is 0.316. The van der Waals surface area contributed by atoms with Crippen LogP contribution >= 0.6 is 0 Å². The normalized spacial score (nSPS) is 19.1. The van der Waals surface area contributed by atoms with Crippen LogP contribution in [0.2, 0.25) is 0 Å². The third kappa shape index (κ3) is 3.02. The quantitative estimate of drug-likeness (QED) is 0.918. The Bertz CT molecular complexity index is 734. The van der Waals surface area contributed by atoms with Gasteiger partial charge in [0.25, 0.3) is 5.79 Å². The number of carbonyl (C=O) groups is 1. The van der Waals surface area contributed by atoms with Gasteiger partial charge in [-0.25, -0.2) is 4.79 Å². The third-order valence-electron chi connectivity index (χ3n) is 3.92. The summed E-state index contributed by atoms with van der Waals surface area (Å²) >= 11 is 0. The number of rotatable bonds is 4. The molecule has 0 radical (unpaired) electrons. The molecule has 1 unspecified atom stereocenters. The molecule has 1 heterocycles. The summed E-state index contributed by atoms with van der Waals surface area (Å²) in [5.74, 6) is -0.296. The minimum absolute atomic E-state index is 0.184. The lowest BCUT2D eigenvalue weighted by Crippen LogP contribution is -2.31. The van der Waals surface area contributed by atoms with Gasteiger partial charge in [-0.2, -0.15) is 0 Å². The summed E-state index contributed by atoms with van der Waals surface area (Å²) in [5.41, 5.74) is 2.36. The first-order valence-corrected chi connectivity index (χ1v) is 7.72. The Kier molecular flexibility index (Phi) is 3.76. The molecule has 4 heteroatoms. The molecule has 3 rings (SSSR count). The Balaban J connectivity index is 1.85. The zero-order valence-electron chi connectivity index (χ0n) is 13.5. The average molecular weight is 312 g/mol. The number of hydrogen-bond acceptors (Lipinski definition) is 3. The molecule has 1 aliphatic heterocycles. The first-order chi connectivity index (χ1) is 10.9. The van der Waals surface area contributed by atoms with Gasteiger partial charge in [-0.1, -0.05) is 38.1 Å². The maximum atomic E-state index is 11.1. The Morgan fingerprint density at radius 3 is 2.35 bits per heavy atom. The summed E-state index contributed by atoms with van der Waals surface area (Å²) in [6.07, 6.45) is 1.03. The molecule has 0 aromatic heterocycles. The van der Waals surface area contributed by atoms with Crippen molar-refractivity contribution < 1.29 is 19.4 Å². The standard InChI is InChI=1S/C19H20O4/c1-12(2)10-13-4-7-15(8-5-13)19(3)22-16-9-6-14(18(20)21)11-17(16)23-19/h4-9,11-12H,10H2,1-3H3,(H,20,21). The van der Waals surface area contributed by atoms with Gasteiger partial charge in [0.2, 0.25) is 0 Å². The maximum absolute atomic E-state index is 11.1. The van der Waals surface area contributed by atoms with Crippen LogP contribution in [0.1, 0.15) is 42.3 Å². The average Bonchev–Trinajstić information content (AvgIpc) is 2.83. The van der Waals surface area contributed by atoms with E-state index in [0.29, 0.717) is 17.4 Å². The van der Waals surface area contributed by atoms with Gasteiger partial charge in [0.05, 0.1) is 5.56 Å². The summed E-state index contributed by atoms with van der Waals surface area (Å²) in [6.45, 7) is 6.22. The lowest BCUT2D eigenvalue weighted by Gasteiger charge is -2.23. The van der Waals surface area contributed by atoms with E-state index in [1.165, 1.54) is 17.7 Å². The largest absolute Gasteiger partial charge is 0.478 e. The van der Waals surface area contributed by atoms with E-state index in [0.717, 1.165) is 12.0 Å².